The number of hydrogen-bond acceptors (Lipinski definition) is 3. The number of nitrogens with one attached hydrogen (secondary N) is 2. The van der Waals surface area contributed by atoms with Crippen LogP contribution in [0.15, 0.2) is 53.6 Å². The van der Waals surface area contributed by atoms with Gasteiger partial charge in [-0.15, -0.1) is 0 Å². The minimum atomic E-state index is -0.821. The van der Waals surface area contributed by atoms with Gasteiger partial charge in [-0.1, -0.05) is 26.0 Å². The summed E-state index contributed by atoms with van der Waals surface area (Å²) >= 11 is 0. The van der Waals surface area contributed by atoms with Gasteiger partial charge in [-0.3, -0.25) is 9.59 Å². The molecule has 0 aliphatic carbocycles. The smallest absolute Gasteiger partial charge is 0.262 e. The van der Waals surface area contributed by atoms with Crippen molar-refractivity contribution >= 4 is 18.0 Å². The summed E-state index contributed by atoms with van der Waals surface area (Å²) in [5.74, 6) is -1.99. The molecule has 26 heavy (non-hydrogen) atoms. The van der Waals surface area contributed by atoms with Crippen molar-refractivity contribution in [2.75, 3.05) is 0 Å². The van der Waals surface area contributed by atoms with E-state index < -0.39 is 23.7 Å². The third-order valence-electron chi connectivity index (χ3n) is 3.60. The highest BCUT2D eigenvalue weighted by Crippen LogP contribution is 2.07. The highest BCUT2D eigenvalue weighted by atomic mass is 19.1. The highest BCUT2D eigenvalue weighted by molar-refractivity contribution is 5.97. The summed E-state index contributed by atoms with van der Waals surface area (Å²) in [4.78, 5) is 24.5. The van der Waals surface area contributed by atoms with E-state index >= 15 is 0 Å². The number of halogens is 2. The number of nitrogens with zero attached hydrogens (tertiary/aromatic N) is 1. The lowest BCUT2D eigenvalue weighted by molar-refractivity contribution is -0.123. The Morgan fingerprint density at radius 3 is 2.04 bits per heavy atom. The van der Waals surface area contributed by atoms with Gasteiger partial charge in [0.05, 0.1) is 6.21 Å². The van der Waals surface area contributed by atoms with Crippen molar-refractivity contribution in [1.82, 2.24) is 10.7 Å². The minimum absolute atomic E-state index is 0.194. The molecule has 2 rings (SSSR count). The molecule has 0 aromatic heterocycles. The molecular formula is C19H19F2N3O2. The second kappa shape index (κ2) is 8.84. The second-order valence-electron chi connectivity index (χ2n) is 5.99. The Kier molecular flexibility index (Phi) is 6.54. The zero-order valence-electron chi connectivity index (χ0n) is 14.4. The Bertz CT molecular complexity index is 787. The zero-order chi connectivity index (χ0) is 19.1. The SMILES string of the molecule is CC(C)C(NC(=O)c1ccc(F)cc1)C(=O)NN=Cc1ccc(F)cc1. The van der Waals surface area contributed by atoms with Crippen molar-refractivity contribution in [2.24, 2.45) is 11.0 Å². The molecule has 0 bridgehead atoms. The third-order valence-corrected chi connectivity index (χ3v) is 3.60. The average molecular weight is 359 g/mol. The first kappa shape index (κ1) is 19.2. The van der Waals surface area contributed by atoms with Gasteiger partial charge in [0.1, 0.15) is 17.7 Å². The predicted octanol–water partition coefficient (Wildman–Crippen LogP) is 2.87. The number of hydrogen-bond donors (Lipinski definition) is 2. The fourth-order valence-corrected chi connectivity index (χ4v) is 2.15. The molecule has 2 N–H and O–H groups in total. The van der Waals surface area contributed by atoms with Gasteiger partial charge in [-0.25, -0.2) is 14.2 Å². The topological polar surface area (TPSA) is 70.6 Å². The van der Waals surface area contributed by atoms with Crippen molar-refractivity contribution < 1.29 is 18.4 Å². The molecule has 2 amide bonds. The minimum Gasteiger partial charge on any atom is -0.340 e. The van der Waals surface area contributed by atoms with Crippen molar-refractivity contribution in [2.45, 2.75) is 19.9 Å². The molecule has 7 heteroatoms. The van der Waals surface area contributed by atoms with E-state index in [1.165, 1.54) is 54.7 Å². The Labute approximate surface area is 150 Å². The highest BCUT2D eigenvalue weighted by Gasteiger charge is 2.24. The van der Waals surface area contributed by atoms with Gasteiger partial charge in [0, 0.05) is 5.56 Å². The van der Waals surface area contributed by atoms with E-state index in [1.54, 1.807) is 13.8 Å². The van der Waals surface area contributed by atoms with Crippen LogP contribution in [0, 0.1) is 17.6 Å². The fourth-order valence-electron chi connectivity index (χ4n) is 2.15. The first-order chi connectivity index (χ1) is 12.4. The van der Waals surface area contributed by atoms with Crippen LogP contribution in [0.25, 0.3) is 0 Å². The molecule has 0 heterocycles. The number of hydrazone groups is 1. The maximum absolute atomic E-state index is 12.9. The van der Waals surface area contributed by atoms with Crippen LogP contribution in [0.5, 0.6) is 0 Å². The van der Waals surface area contributed by atoms with Gasteiger partial charge in [-0.2, -0.15) is 5.10 Å². The van der Waals surface area contributed by atoms with Crippen LogP contribution in [0.1, 0.15) is 29.8 Å². The van der Waals surface area contributed by atoms with Crippen molar-refractivity contribution in [3.05, 3.63) is 71.3 Å². The van der Waals surface area contributed by atoms with Crippen molar-refractivity contribution in [3.63, 3.8) is 0 Å². The number of carbonyl (C=O) groups is 2. The van der Waals surface area contributed by atoms with E-state index in [4.69, 9.17) is 0 Å². The molecule has 0 saturated heterocycles. The molecule has 0 aliphatic rings. The van der Waals surface area contributed by atoms with Crippen LogP contribution in [0.4, 0.5) is 8.78 Å². The predicted molar refractivity (Wildman–Crippen MR) is 94.6 cm³/mol. The van der Waals surface area contributed by atoms with Gasteiger partial charge in [-0.05, 0) is 47.9 Å². The fraction of sp³-hybridized carbons (Fsp3) is 0.211. The summed E-state index contributed by atoms with van der Waals surface area (Å²) in [5.41, 5.74) is 3.22. The monoisotopic (exact) mass is 359 g/mol. The number of benzene rings is 2. The lowest BCUT2D eigenvalue weighted by atomic mass is 10.0. The van der Waals surface area contributed by atoms with Crippen LogP contribution in [-0.4, -0.2) is 24.1 Å². The van der Waals surface area contributed by atoms with Crippen molar-refractivity contribution in [1.29, 1.82) is 0 Å². The molecule has 0 radical (unpaired) electrons. The Balaban J connectivity index is 1.99. The molecule has 1 atom stereocenters. The van der Waals surface area contributed by atoms with Gasteiger partial charge in [0.25, 0.3) is 11.8 Å². The van der Waals surface area contributed by atoms with Gasteiger partial charge < -0.3 is 5.32 Å². The number of carbonyl (C=O) groups excluding carboxylic acids is 2. The first-order valence-corrected chi connectivity index (χ1v) is 8.01. The molecule has 0 aliphatic heterocycles. The van der Waals surface area contributed by atoms with Crippen LogP contribution in [0.2, 0.25) is 0 Å². The van der Waals surface area contributed by atoms with Crippen LogP contribution >= 0.6 is 0 Å². The molecule has 5 nitrogen and oxygen atoms in total. The summed E-state index contributed by atoms with van der Waals surface area (Å²) in [5, 5.41) is 6.43. The maximum atomic E-state index is 12.9. The van der Waals surface area contributed by atoms with Crippen LogP contribution < -0.4 is 10.7 Å². The van der Waals surface area contributed by atoms with E-state index in [2.05, 4.69) is 15.8 Å². The average Bonchev–Trinajstić information content (AvgIpc) is 2.61. The maximum Gasteiger partial charge on any atom is 0.262 e. The van der Waals surface area contributed by atoms with Crippen molar-refractivity contribution in [3.8, 4) is 0 Å². The molecule has 0 saturated carbocycles. The van der Waals surface area contributed by atoms with E-state index in [1.807, 2.05) is 0 Å². The number of amides is 2. The molecule has 0 fully saturated rings. The summed E-state index contributed by atoms with van der Waals surface area (Å²) in [6.45, 7) is 3.55. The molecule has 0 spiro atoms. The Morgan fingerprint density at radius 2 is 1.50 bits per heavy atom. The summed E-state index contributed by atoms with van der Waals surface area (Å²) < 4.78 is 25.8. The third kappa shape index (κ3) is 5.47. The molecule has 2 aromatic carbocycles. The van der Waals surface area contributed by atoms with Gasteiger partial charge >= 0.3 is 0 Å². The normalized spacial score (nSPS) is 12.2. The quantitative estimate of drug-likeness (QED) is 0.615. The lowest BCUT2D eigenvalue weighted by Gasteiger charge is -2.20. The van der Waals surface area contributed by atoms with Gasteiger partial charge in [0.2, 0.25) is 0 Å². The summed E-state index contributed by atoms with van der Waals surface area (Å²) in [7, 11) is 0. The van der Waals surface area contributed by atoms with E-state index in [-0.39, 0.29) is 17.3 Å². The lowest BCUT2D eigenvalue weighted by Crippen LogP contribution is -2.48. The zero-order valence-corrected chi connectivity index (χ0v) is 14.4. The largest absolute Gasteiger partial charge is 0.340 e. The van der Waals surface area contributed by atoms with Gasteiger partial charge in [0.15, 0.2) is 0 Å². The molecular weight excluding hydrogens is 340 g/mol. The Morgan fingerprint density at radius 1 is 0.962 bits per heavy atom. The summed E-state index contributed by atoms with van der Waals surface area (Å²) in [6, 6.07) is 9.80. The molecule has 1 unspecified atom stereocenters. The van der Waals surface area contributed by atoms with E-state index in [9.17, 15) is 18.4 Å². The summed E-state index contributed by atoms with van der Waals surface area (Å²) in [6.07, 6.45) is 1.37. The van der Waals surface area contributed by atoms with Crippen LogP contribution in [-0.2, 0) is 4.79 Å². The van der Waals surface area contributed by atoms with E-state index in [0.717, 1.165) is 0 Å². The Hall–Kier alpha value is -3.09. The number of rotatable bonds is 6. The van der Waals surface area contributed by atoms with E-state index in [0.29, 0.717) is 5.56 Å². The second-order valence-corrected chi connectivity index (χ2v) is 5.99. The molecule has 136 valence electrons. The first-order valence-electron chi connectivity index (χ1n) is 8.01. The standard InChI is InChI=1S/C19H19F2N3O2/c1-12(2)17(23-18(25)14-5-9-16(21)10-6-14)19(26)24-22-11-13-3-7-15(20)8-4-13/h3-12,17H,1-2H3,(H,23,25)(H,24,26). The van der Waals surface area contributed by atoms with Crippen LogP contribution in [0.3, 0.4) is 0 Å². The molecule has 2 aromatic rings.